The van der Waals surface area contributed by atoms with Crippen molar-refractivity contribution in [2.24, 2.45) is 0 Å². The normalized spacial score (nSPS) is 20.6. The van der Waals surface area contributed by atoms with Gasteiger partial charge in [0.05, 0.1) is 0 Å². The third kappa shape index (κ3) is 2.09. The molecule has 0 saturated heterocycles. The Morgan fingerprint density at radius 2 is 2.08 bits per heavy atom. The van der Waals surface area contributed by atoms with Crippen molar-refractivity contribution >= 4 is 11.6 Å². The second-order valence-corrected chi connectivity index (χ2v) is 7.19. The van der Waals surface area contributed by atoms with Crippen LogP contribution < -0.4 is 0 Å². The molecule has 0 fully saturated rings. The van der Waals surface area contributed by atoms with E-state index in [0.29, 0.717) is 0 Å². The van der Waals surface area contributed by atoms with Crippen LogP contribution in [-0.2, 0) is 23.2 Å². The van der Waals surface area contributed by atoms with Crippen LogP contribution >= 0.6 is 11.6 Å². The zero-order valence-electron chi connectivity index (χ0n) is 6.68. The fraction of sp³-hybridized carbons (Fsp3) is 0.200. The molecular weight excluding hydrogens is 247 g/mol. The van der Waals surface area contributed by atoms with Crippen molar-refractivity contribution in [3.05, 3.63) is 42.0 Å². The number of hydrogen-bond donors (Lipinski definition) is 0. The van der Waals surface area contributed by atoms with E-state index in [9.17, 15) is 0 Å². The molecule has 0 N–H and O–H groups in total. The van der Waals surface area contributed by atoms with Gasteiger partial charge in [-0.05, 0) is 0 Å². The summed E-state index contributed by atoms with van der Waals surface area (Å²) in [5, 5.41) is 1.01. The molecule has 2 aliphatic carbocycles. The van der Waals surface area contributed by atoms with Crippen LogP contribution in [0, 0.1) is 0 Å². The number of halogens is 1. The second kappa shape index (κ2) is 3.89. The summed E-state index contributed by atoms with van der Waals surface area (Å²) in [6.07, 6.45) is 13.2. The van der Waals surface area contributed by atoms with E-state index in [1.54, 1.807) is 6.56 Å². The first-order valence-corrected chi connectivity index (χ1v) is 6.86. The van der Waals surface area contributed by atoms with Crippen LogP contribution in [0.1, 0.15) is 12.8 Å². The average Bonchev–Trinajstić information content (AvgIpc) is 2.63. The van der Waals surface area contributed by atoms with E-state index in [4.69, 9.17) is 11.6 Å². The van der Waals surface area contributed by atoms with Crippen molar-refractivity contribution in [2.45, 2.75) is 12.8 Å². The van der Waals surface area contributed by atoms with Crippen LogP contribution in [0.25, 0.3) is 0 Å². The minimum absolute atomic E-state index is 0.422. The zero-order chi connectivity index (χ0) is 8.39. The Morgan fingerprint density at radius 1 is 1.17 bits per heavy atom. The Labute approximate surface area is 89.3 Å². The third-order valence-corrected chi connectivity index (χ3v) is 5.51. The maximum atomic E-state index is 5.89. The molecular formula is C10H9ClZr. The predicted octanol–water partition coefficient (Wildman–Crippen LogP) is 3.32. The topological polar surface area (TPSA) is 0 Å². The van der Waals surface area contributed by atoms with E-state index in [2.05, 4.69) is 24.3 Å². The molecule has 0 aromatic heterocycles. The van der Waals surface area contributed by atoms with E-state index in [-0.39, 0.29) is 0 Å². The summed E-state index contributed by atoms with van der Waals surface area (Å²) >= 11 is 5.47. The quantitative estimate of drug-likeness (QED) is 0.710. The molecule has 0 aromatic rings. The molecule has 2 heteroatoms. The second-order valence-electron chi connectivity index (χ2n) is 2.93. The molecule has 2 rings (SSSR count). The van der Waals surface area contributed by atoms with Crippen molar-refractivity contribution in [1.29, 1.82) is 0 Å². The van der Waals surface area contributed by atoms with Gasteiger partial charge in [-0.15, -0.1) is 0 Å². The summed E-state index contributed by atoms with van der Waals surface area (Å²) in [6.45, 7) is 0. The van der Waals surface area contributed by atoms with Crippen molar-refractivity contribution in [2.75, 3.05) is 0 Å². The van der Waals surface area contributed by atoms with Crippen LogP contribution in [0.15, 0.2) is 42.0 Å². The van der Waals surface area contributed by atoms with Crippen LogP contribution in [0.2, 0.25) is 0 Å². The third-order valence-electron chi connectivity index (χ3n) is 1.92. The molecule has 0 heterocycles. The van der Waals surface area contributed by atoms with E-state index >= 15 is 0 Å². The maximum absolute atomic E-state index is 5.89. The van der Waals surface area contributed by atoms with Gasteiger partial charge >= 0.3 is 89.7 Å². The summed E-state index contributed by atoms with van der Waals surface area (Å²) in [7, 11) is 0. The van der Waals surface area contributed by atoms with E-state index < -0.39 is 23.2 Å². The molecule has 2 aliphatic rings. The van der Waals surface area contributed by atoms with Crippen molar-refractivity contribution in [1.82, 2.24) is 0 Å². The fourth-order valence-electron chi connectivity index (χ4n) is 1.32. The summed E-state index contributed by atoms with van der Waals surface area (Å²) < 4.78 is 3.28. The van der Waals surface area contributed by atoms with Crippen LogP contribution in [0.4, 0.5) is 0 Å². The van der Waals surface area contributed by atoms with Crippen LogP contribution in [-0.4, -0.2) is 0 Å². The number of hydrogen-bond acceptors (Lipinski definition) is 0. The Bertz CT molecular complexity index is 308. The molecule has 0 aromatic carbocycles. The van der Waals surface area contributed by atoms with Gasteiger partial charge in [-0.3, -0.25) is 0 Å². The Morgan fingerprint density at radius 3 is 2.67 bits per heavy atom. The summed E-state index contributed by atoms with van der Waals surface area (Å²) in [4.78, 5) is 0. The Hall–Kier alpha value is 0.133. The fourth-order valence-corrected chi connectivity index (χ4v) is 4.90. The Kier molecular flexibility index (Phi) is 2.83. The first-order valence-electron chi connectivity index (χ1n) is 4.02. The first-order chi connectivity index (χ1) is 5.84. The average molecular weight is 256 g/mol. The molecule has 60 valence electrons. The van der Waals surface area contributed by atoms with Crippen molar-refractivity contribution in [3.63, 3.8) is 0 Å². The molecule has 0 bridgehead atoms. The van der Waals surface area contributed by atoms with Gasteiger partial charge in [-0.1, -0.05) is 0 Å². The molecule has 0 radical (unpaired) electrons. The van der Waals surface area contributed by atoms with E-state index in [1.807, 2.05) is 6.08 Å². The molecule has 12 heavy (non-hydrogen) atoms. The molecule has 0 amide bonds. The first kappa shape index (κ1) is 8.72. The minimum atomic E-state index is -0.422. The van der Waals surface area contributed by atoms with Gasteiger partial charge in [0.2, 0.25) is 0 Å². The summed E-state index contributed by atoms with van der Waals surface area (Å²) in [6, 6.07) is 0. The van der Waals surface area contributed by atoms with Crippen LogP contribution in [0.3, 0.4) is 0 Å². The monoisotopic (exact) mass is 254 g/mol. The van der Waals surface area contributed by atoms with Gasteiger partial charge in [0.1, 0.15) is 0 Å². The van der Waals surface area contributed by atoms with Gasteiger partial charge in [0, 0.05) is 0 Å². The van der Waals surface area contributed by atoms with Gasteiger partial charge in [-0.25, -0.2) is 0 Å². The van der Waals surface area contributed by atoms with Gasteiger partial charge < -0.3 is 0 Å². The van der Waals surface area contributed by atoms with Gasteiger partial charge in [0.15, 0.2) is 0 Å². The van der Waals surface area contributed by atoms with E-state index in [1.165, 1.54) is 6.42 Å². The summed E-state index contributed by atoms with van der Waals surface area (Å²) in [5.74, 6) is 0. The predicted molar refractivity (Wildman–Crippen MR) is 48.5 cm³/mol. The summed E-state index contributed by atoms with van der Waals surface area (Å²) in [5.41, 5.74) is 0. The molecule has 0 atom stereocenters. The van der Waals surface area contributed by atoms with Gasteiger partial charge in [0.25, 0.3) is 0 Å². The zero-order valence-corrected chi connectivity index (χ0v) is 9.89. The standard InChI is InChI=1S/C5H4Cl.C5H5.Zr/c6-5-3-1-2-4-5;1-2-4-5-3-1;/h1,3H,4H2;1-3H,4H2;. The SMILES string of the molecule is ClC1=CC=[C]([Zr][C]2=CC=CC2)C1. The number of allylic oxidation sites excluding steroid dienone is 8. The molecule has 0 unspecified atom stereocenters. The molecule has 0 nitrogen and oxygen atoms in total. The molecule has 0 aliphatic heterocycles. The van der Waals surface area contributed by atoms with E-state index in [0.717, 1.165) is 11.5 Å². The Balaban J connectivity index is 1.90. The van der Waals surface area contributed by atoms with Crippen molar-refractivity contribution < 1.29 is 23.2 Å². The number of rotatable bonds is 2. The van der Waals surface area contributed by atoms with Crippen LogP contribution in [0.5, 0.6) is 0 Å². The van der Waals surface area contributed by atoms with Crippen molar-refractivity contribution in [3.8, 4) is 0 Å². The van der Waals surface area contributed by atoms with Gasteiger partial charge in [-0.2, -0.15) is 0 Å². The molecule has 0 spiro atoms. The molecule has 0 saturated carbocycles.